The summed E-state index contributed by atoms with van der Waals surface area (Å²) in [5.41, 5.74) is 7.78. The van der Waals surface area contributed by atoms with Crippen molar-refractivity contribution in [2.75, 3.05) is 6.61 Å². The summed E-state index contributed by atoms with van der Waals surface area (Å²) in [4.78, 5) is 0. The van der Waals surface area contributed by atoms with Crippen LogP contribution in [0.15, 0.2) is 96.2 Å². The molecule has 1 aromatic heterocycles. The molecule has 4 heteroatoms. The Morgan fingerprint density at radius 1 is 1.02 bits per heavy atom. The number of nitrogens with zero attached hydrogens (tertiary/aromatic N) is 2. The van der Waals surface area contributed by atoms with Crippen LogP contribution in [-0.4, -0.2) is 28.3 Å². The van der Waals surface area contributed by atoms with Crippen molar-refractivity contribution < 1.29 is 9.47 Å². The van der Waals surface area contributed by atoms with E-state index in [9.17, 15) is 0 Å². The minimum atomic E-state index is -0.514. The van der Waals surface area contributed by atoms with Gasteiger partial charge in [0.15, 0.2) is 5.79 Å². The van der Waals surface area contributed by atoms with Crippen molar-refractivity contribution in [3.63, 3.8) is 0 Å². The first-order valence-electron chi connectivity index (χ1n) is 15.6. The van der Waals surface area contributed by atoms with E-state index in [1.54, 1.807) is 5.57 Å². The molecule has 0 bridgehead atoms. The van der Waals surface area contributed by atoms with Gasteiger partial charge in [-0.15, -0.1) is 0 Å². The molecular weight excluding hydrogens is 504 g/mol. The summed E-state index contributed by atoms with van der Waals surface area (Å²) in [7, 11) is 0. The Hall–Kier alpha value is -3.21. The maximum Gasteiger partial charge on any atom is 0.178 e. The van der Waals surface area contributed by atoms with E-state index in [2.05, 4.69) is 73.3 Å². The maximum atomic E-state index is 6.90. The Morgan fingerprint density at radius 3 is 2.49 bits per heavy atom. The van der Waals surface area contributed by atoms with Crippen LogP contribution in [0, 0.1) is 24.2 Å². The maximum absolute atomic E-state index is 6.90. The molecule has 2 aromatic carbocycles. The molecule has 0 amide bonds. The second-order valence-electron chi connectivity index (χ2n) is 12.1. The molecule has 0 N–H and O–H groups in total. The lowest BCUT2D eigenvalue weighted by molar-refractivity contribution is -0.242. The van der Waals surface area contributed by atoms with Gasteiger partial charge in [-0.05, 0) is 74.6 Å². The van der Waals surface area contributed by atoms with Crippen LogP contribution in [0.3, 0.4) is 0 Å². The van der Waals surface area contributed by atoms with Gasteiger partial charge in [0, 0.05) is 11.8 Å². The zero-order chi connectivity index (χ0) is 28.5. The molecule has 3 aromatic rings. The summed E-state index contributed by atoms with van der Waals surface area (Å²) in [5, 5.41) is 4.78. The first-order valence-corrected chi connectivity index (χ1v) is 15.6. The zero-order valence-electron chi connectivity index (χ0n) is 25.1. The molecule has 8 rings (SSSR count). The highest BCUT2D eigenvalue weighted by molar-refractivity contribution is 5.62. The molecule has 5 atom stereocenters. The summed E-state index contributed by atoms with van der Waals surface area (Å²) in [6.45, 7) is 9.19. The van der Waals surface area contributed by atoms with Crippen molar-refractivity contribution in [1.29, 1.82) is 0 Å². The number of rotatable bonds is 3. The Labute approximate surface area is 245 Å². The number of allylic oxidation sites excluding steroid dienone is 3. The van der Waals surface area contributed by atoms with Gasteiger partial charge in [0.25, 0.3) is 0 Å². The van der Waals surface area contributed by atoms with Crippen molar-refractivity contribution in [3.8, 4) is 5.69 Å². The number of hydrogen-bond donors (Lipinski definition) is 0. The van der Waals surface area contributed by atoms with Crippen LogP contribution < -0.4 is 0 Å². The molecule has 5 aliphatic rings. The number of hydrogen-bond acceptors (Lipinski definition) is 3. The lowest BCUT2D eigenvalue weighted by atomic mass is 9.62. The lowest BCUT2D eigenvalue weighted by Gasteiger charge is -2.51. The lowest BCUT2D eigenvalue weighted by Crippen LogP contribution is -2.53. The highest BCUT2D eigenvalue weighted by atomic mass is 16.7. The van der Waals surface area contributed by atoms with Crippen LogP contribution in [0.1, 0.15) is 69.7 Å². The van der Waals surface area contributed by atoms with Crippen LogP contribution in [0.25, 0.3) is 11.8 Å². The van der Waals surface area contributed by atoms with Gasteiger partial charge < -0.3 is 9.47 Å². The average Bonchev–Trinajstić information content (AvgIpc) is 3.55. The second kappa shape index (κ2) is 11.6. The highest BCUT2D eigenvalue weighted by Gasteiger charge is 2.59. The Morgan fingerprint density at radius 2 is 1.76 bits per heavy atom. The largest absolute Gasteiger partial charge is 0.346 e. The SMILES string of the molecule is CC.Cc1ccc(-n2ncc3c2C=C2CCCC4(OCC(CC5=CC=CC6CC56)O4)[C@@]2(C)C3)cc1.c1ccccc1. The average molecular weight is 549 g/mol. The van der Waals surface area contributed by atoms with Gasteiger partial charge in [0.05, 0.1) is 30.3 Å². The molecular formula is C37H44N2O2. The van der Waals surface area contributed by atoms with E-state index in [-0.39, 0.29) is 11.5 Å². The van der Waals surface area contributed by atoms with E-state index in [1.165, 1.54) is 28.8 Å². The Bertz CT molecular complexity index is 1410. The minimum absolute atomic E-state index is 0.142. The van der Waals surface area contributed by atoms with E-state index in [0.29, 0.717) is 6.61 Å². The Kier molecular flexibility index (Phi) is 7.89. The summed E-state index contributed by atoms with van der Waals surface area (Å²) < 4.78 is 15.6. The third-order valence-corrected chi connectivity index (χ3v) is 9.50. The van der Waals surface area contributed by atoms with Crippen LogP contribution in [-0.2, 0) is 15.9 Å². The van der Waals surface area contributed by atoms with Crippen LogP contribution in [0.5, 0.6) is 0 Å². The molecule has 1 spiro atoms. The predicted octanol–water partition coefficient (Wildman–Crippen LogP) is 8.66. The number of benzene rings is 2. The summed E-state index contributed by atoms with van der Waals surface area (Å²) in [5.74, 6) is 1.03. The molecule has 41 heavy (non-hydrogen) atoms. The Balaban J connectivity index is 0.000000333. The van der Waals surface area contributed by atoms with Gasteiger partial charge in [-0.2, -0.15) is 5.10 Å². The topological polar surface area (TPSA) is 36.3 Å². The molecule has 214 valence electrons. The third-order valence-electron chi connectivity index (χ3n) is 9.50. The standard InChI is InChI=1S/C29H32N2O2.C6H6.C2H6/c1-19-8-10-24(11-9-19)31-27-15-23-7-4-12-29(28(23,2)16-22(27)17-30-31)32-18-25(33-29)13-20-5-3-6-21-14-26(20)21;1-2-4-6-5-3-1;1-2/h3,5-6,8-11,15,17,21,25-26H,4,7,12-14,16,18H2,1-2H3;1-6H;1-2H3/t21?,25?,26?,28-,29?;;/m0../s1. The predicted molar refractivity (Wildman–Crippen MR) is 167 cm³/mol. The van der Waals surface area contributed by atoms with E-state index >= 15 is 0 Å². The fourth-order valence-electron chi connectivity index (χ4n) is 7.16. The molecule has 2 heterocycles. The van der Waals surface area contributed by atoms with Gasteiger partial charge >= 0.3 is 0 Å². The normalized spacial score (nSPS) is 30.4. The molecule has 4 aliphatic carbocycles. The van der Waals surface area contributed by atoms with Crippen molar-refractivity contribution >= 4 is 6.08 Å². The van der Waals surface area contributed by atoms with Crippen molar-refractivity contribution in [2.24, 2.45) is 17.3 Å². The van der Waals surface area contributed by atoms with Crippen molar-refractivity contribution in [3.05, 3.63) is 113 Å². The number of aromatic nitrogens is 2. The van der Waals surface area contributed by atoms with Gasteiger partial charge in [-0.3, -0.25) is 0 Å². The van der Waals surface area contributed by atoms with Crippen LogP contribution in [0.2, 0.25) is 0 Å². The number of ether oxygens (including phenoxy) is 2. The van der Waals surface area contributed by atoms with Gasteiger partial charge in [-0.25, -0.2) is 4.68 Å². The summed E-state index contributed by atoms with van der Waals surface area (Å²) >= 11 is 0. The first kappa shape index (κ1) is 27.9. The third kappa shape index (κ3) is 5.29. The summed E-state index contributed by atoms with van der Waals surface area (Å²) in [6.07, 6.45) is 18.0. The molecule has 0 radical (unpaired) electrons. The van der Waals surface area contributed by atoms with E-state index in [1.807, 2.05) is 50.2 Å². The van der Waals surface area contributed by atoms with E-state index in [4.69, 9.17) is 14.6 Å². The van der Waals surface area contributed by atoms with E-state index in [0.717, 1.165) is 49.6 Å². The minimum Gasteiger partial charge on any atom is -0.346 e. The quantitative estimate of drug-likeness (QED) is 0.329. The fraction of sp³-hybridized carbons (Fsp3) is 0.432. The molecule has 3 fully saturated rings. The number of fused-ring (bicyclic) bond motifs is 4. The highest BCUT2D eigenvalue weighted by Crippen LogP contribution is 2.58. The van der Waals surface area contributed by atoms with Gasteiger partial charge in [0.2, 0.25) is 0 Å². The molecule has 1 aliphatic heterocycles. The van der Waals surface area contributed by atoms with Gasteiger partial charge in [0.1, 0.15) is 0 Å². The summed E-state index contributed by atoms with van der Waals surface area (Å²) in [6, 6.07) is 20.6. The van der Waals surface area contributed by atoms with Gasteiger partial charge in [-0.1, -0.05) is 104 Å². The molecule has 2 saturated carbocycles. The van der Waals surface area contributed by atoms with E-state index < -0.39 is 5.79 Å². The smallest absolute Gasteiger partial charge is 0.178 e. The van der Waals surface area contributed by atoms with Crippen LogP contribution >= 0.6 is 0 Å². The molecule has 1 saturated heterocycles. The second-order valence-corrected chi connectivity index (χ2v) is 12.1. The monoisotopic (exact) mass is 548 g/mol. The molecule has 4 nitrogen and oxygen atoms in total. The van der Waals surface area contributed by atoms with Crippen molar-refractivity contribution in [2.45, 2.75) is 78.1 Å². The number of aryl methyl sites for hydroxylation is 1. The first-order chi connectivity index (χ1) is 20.0. The zero-order valence-corrected chi connectivity index (χ0v) is 25.1. The molecule has 4 unspecified atom stereocenters. The van der Waals surface area contributed by atoms with Crippen LogP contribution in [0.4, 0.5) is 0 Å². The fourth-order valence-corrected chi connectivity index (χ4v) is 7.16. The van der Waals surface area contributed by atoms with Crippen molar-refractivity contribution in [1.82, 2.24) is 9.78 Å².